The fourth-order valence-electron chi connectivity index (χ4n) is 3.05. The lowest BCUT2D eigenvalue weighted by Gasteiger charge is -2.21. The zero-order valence-corrected chi connectivity index (χ0v) is 8.36. The van der Waals surface area contributed by atoms with Gasteiger partial charge in [0.25, 0.3) is 0 Å². The molecule has 3 rings (SSSR count). The van der Waals surface area contributed by atoms with E-state index in [1.807, 2.05) is 6.07 Å². The fourth-order valence-corrected chi connectivity index (χ4v) is 3.05. The molecule has 0 heterocycles. The van der Waals surface area contributed by atoms with Crippen molar-refractivity contribution in [3.05, 3.63) is 29.3 Å². The van der Waals surface area contributed by atoms with Crippen molar-refractivity contribution in [2.45, 2.75) is 30.7 Å². The normalized spacial score (nSPS) is 33.1. The first-order valence-electron chi connectivity index (χ1n) is 5.23. The van der Waals surface area contributed by atoms with Crippen LogP contribution in [0.15, 0.2) is 18.2 Å². The minimum Gasteiger partial charge on any atom is -0.497 e. The van der Waals surface area contributed by atoms with Crippen LogP contribution in [0, 0.1) is 0 Å². The van der Waals surface area contributed by atoms with Crippen LogP contribution in [0.25, 0.3) is 0 Å². The third kappa shape index (κ3) is 0.947. The SMILES string of the molecule is COc1ccc2c(c1)[C@@H]1C[C@@H](N)[C@H]2C1. The van der Waals surface area contributed by atoms with E-state index in [1.165, 1.54) is 17.5 Å². The van der Waals surface area contributed by atoms with Gasteiger partial charge in [-0.25, -0.2) is 0 Å². The summed E-state index contributed by atoms with van der Waals surface area (Å²) in [6, 6.07) is 6.82. The minimum atomic E-state index is 0.390. The third-order valence-corrected chi connectivity index (χ3v) is 3.75. The van der Waals surface area contributed by atoms with Gasteiger partial charge in [0, 0.05) is 6.04 Å². The molecule has 0 saturated heterocycles. The highest BCUT2D eigenvalue weighted by molar-refractivity contribution is 5.46. The standard InChI is InChI=1S/C12H15NO/c1-14-8-2-3-9-10(6-8)7-4-11(9)12(13)5-7/h2-3,6-7,11-12H,4-5,13H2,1H3/t7-,11-,12+/m0/s1. The Kier molecular flexibility index (Phi) is 1.62. The van der Waals surface area contributed by atoms with E-state index in [1.54, 1.807) is 7.11 Å². The van der Waals surface area contributed by atoms with Crippen LogP contribution >= 0.6 is 0 Å². The van der Waals surface area contributed by atoms with Crippen LogP contribution in [0.3, 0.4) is 0 Å². The van der Waals surface area contributed by atoms with Crippen LogP contribution in [-0.2, 0) is 0 Å². The topological polar surface area (TPSA) is 35.2 Å². The molecule has 1 fully saturated rings. The van der Waals surface area contributed by atoms with Crippen molar-refractivity contribution >= 4 is 0 Å². The summed E-state index contributed by atoms with van der Waals surface area (Å²) in [5.41, 5.74) is 9.02. The first-order chi connectivity index (χ1) is 6.79. The van der Waals surface area contributed by atoms with Gasteiger partial charge in [-0.3, -0.25) is 0 Å². The second-order valence-corrected chi connectivity index (χ2v) is 4.43. The number of rotatable bonds is 1. The molecule has 0 unspecified atom stereocenters. The van der Waals surface area contributed by atoms with Gasteiger partial charge in [0.1, 0.15) is 5.75 Å². The molecule has 0 aliphatic heterocycles. The van der Waals surface area contributed by atoms with E-state index in [-0.39, 0.29) is 0 Å². The summed E-state index contributed by atoms with van der Waals surface area (Å²) < 4.78 is 5.24. The predicted octanol–water partition coefficient (Wildman–Crippen LogP) is 2.00. The van der Waals surface area contributed by atoms with Crippen molar-refractivity contribution < 1.29 is 4.74 Å². The summed E-state index contributed by atoms with van der Waals surface area (Å²) in [7, 11) is 1.72. The molecular weight excluding hydrogens is 174 g/mol. The van der Waals surface area contributed by atoms with Gasteiger partial charge in [0.2, 0.25) is 0 Å². The lowest BCUT2D eigenvalue weighted by atomic mass is 9.89. The Morgan fingerprint density at radius 3 is 2.93 bits per heavy atom. The molecule has 3 atom stereocenters. The van der Waals surface area contributed by atoms with Crippen molar-refractivity contribution in [3.63, 3.8) is 0 Å². The molecular formula is C12H15NO. The highest BCUT2D eigenvalue weighted by atomic mass is 16.5. The highest BCUT2D eigenvalue weighted by Gasteiger charge is 2.41. The Balaban J connectivity index is 2.08. The molecule has 0 spiro atoms. The van der Waals surface area contributed by atoms with Crippen LogP contribution in [0.2, 0.25) is 0 Å². The number of hydrogen-bond donors (Lipinski definition) is 1. The summed E-state index contributed by atoms with van der Waals surface area (Å²) in [5, 5.41) is 0. The van der Waals surface area contributed by atoms with Gasteiger partial charge >= 0.3 is 0 Å². The molecule has 2 aliphatic carbocycles. The molecule has 0 aromatic heterocycles. The Morgan fingerprint density at radius 1 is 1.29 bits per heavy atom. The number of benzene rings is 1. The van der Waals surface area contributed by atoms with Crippen LogP contribution in [0.1, 0.15) is 35.8 Å². The number of ether oxygens (including phenoxy) is 1. The Bertz CT molecular complexity index is 375. The van der Waals surface area contributed by atoms with Crippen LogP contribution in [0.5, 0.6) is 5.75 Å². The molecule has 2 heteroatoms. The highest BCUT2D eigenvalue weighted by Crippen LogP contribution is 2.52. The molecule has 0 radical (unpaired) electrons. The molecule has 2 aliphatic rings. The number of nitrogens with two attached hydrogens (primary N) is 1. The van der Waals surface area contributed by atoms with Gasteiger partial charge < -0.3 is 10.5 Å². The molecule has 1 aromatic rings. The quantitative estimate of drug-likeness (QED) is 0.733. The van der Waals surface area contributed by atoms with E-state index in [0.29, 0.717) is 17.9 Å². The molecule has 0 amide bonds. The summed E-state index contributed by atoms with van der Waals surface area (Å²) in [6.45, 7) is 0. The average molecular weight is 189 g/mol. The van der Waals surface area contributed by atoms with Crippen molar-refractivity contribution in [2.75, 3.05) is 7.11 Å². The largest absolute Gasteiger partial charge is 0.497 e. The van der Waals surface area contributed by atoms with Crippen LogP contribution < -0.4 is 10.5 Å². The van der Waals surface area contributed by atoms with E-state index < -0.39 is 0 Å². The third-order valence-electron chi connectivity index (χ3n) is 3.75. The van der Waals surface area contributed by atoms with Crippen molar-refractivity contribution in [3.8, 4) is 5.75 Å². The molecule has 1 aromatic carbocycles. The second-order valence-electron chi connectivity index (χ2n) is 4.43. The Labute approximate surface area is 84.1 Å². The number of fused-ring (bicyclic) bond motifs is 5. The molecule has 2 bridgehead atoms. The van der Waals surface area contributed by atoms with Crippen LogP contribution in [0.4, 0.5) is 0 Å². The zero-order chi connectivity index (χ0) is 9.71. The lowest BCUT2D eigenvalue weighted by Crippen LogP contribution is -2.25. The monoisotopic (exact) mass is 189 g/mol. The first-order valence-corrected chi connectivity index (χ1v) is 5.23. The molecule has 1 saturated carbocycles. The average Bonchev–Trinajstić information content (AvgIpc) is 2.74. The second kappa shape index (κ2) is 2.74. The summed E-state index contributed by atoms with van der Waals surface area (Å²) in [6.07, 6.45) is 2.41. The summed E-state index contributed by atoms with van der Waals surface area (Å²) in [5.74, 6) is 2.28. The van der Waals surface area contributed by atoms with Crippen LogP contribution in [-0.4, -0.2) is 13.2 Å². The molecule has 2 nitrogen and oxygen atoms in total. The van der Waals surface area contributed by atoms with E-state index in [2.05, 4.69) is 12.1 Å². The fraction of sp³-hybridized carbons (Fsp3) is 0.500. The van der Waals surface area contributed by atoms with Crippen molar-refractivity contribution in [2.24, 2.45) is 5.73 Å². The Morgan fingerprint density at radius 2 is 2.14 bits per heavy atom. The summed E-state index contributed by atoms with van der Waals surface area (Å²) >= 11 is 0. The van der Waals surface area contributed by atoms with E-state index in [4.69, 9.17) is 10.5 Å². The molecule has 14 heavy (non-hydrogen) atoms. The first kappa shape index (κ1) is 8.30. The van der Waals surface area contributed by atoms with Gasteiger partial charge in [0.05, 0.1) is 7.11 Å². The maximum atomic E-state index is 6.07. The maximum Gasteiger partial charge on any atom is 0.119 e. The van der Waals surface area contributed by atoms with Gasteiger partial charge in [0.15, 0.2) is 0 Å². The molecule has 74 valence electrons. The minimum absolute atomic E-state index is 0.390. The van der Waals surface area contributed by atoms with Gasteiger partial charge in [-0.05, 0) is 47.9 Å². The number of hydrogen-bond acceptors (Lipinski definition) is 2. The lowest BCUT2D eigenvalue weighted by molar-refractivity contribution is 0.413. The van der Waals surface area contributed by atoms with Gasteiger partial charge in [-0.2, -0.15) is 0 Å². The van der Waals surface area contributed by atoms with E-state index >= 15 is 0 Å². The zero-order valence-electron chi connectivity index (χ0n) is 8.36. The molecule has 2 N–H and O–H groups in total. The predicted molar refractivity (Wildman–Crippen MR) is 55.7 cm³/mol. The van der Waals surface area contributed by atoms with E-state index in [0.717, 1.165) is 12.2 Å². The number of methoxy groups -OCH3 is 1. The van der Waals surface area contributed by atoms with Gasteiger partial charge in [-0.15, -0.1) is 0 Å². The smallest absolute Gasteiger partial charge is 0.119 e. The summed E-state index contributed by atoms with van der Waals surface area (Å²) in [4.78, 5) is 0. The van der Waals surface area contributed by atoms with Crippen molar-refractivity contribution in [1.82, 2.24) is 0 Å². The van der Waals surface area contributed by atoms with Gasteiger partial charge in [-0.1, -0.05) is 6.07 Å². The Hall–Kier alpha value is -1.02. The maximum absolute atomic E-state index is 6.07. The van der Waals surface area contributed by atoms with E-state index in [9.17, 15) is 0 Å². The van der Waals surface area contributed by atoms with Crippen molar-refractivity contribution in [1.29, 1.82) is 0 Å².